The van der Waals surface area contributed by atoms with Gasteiger partial charge in [0.05, 0.1) is 0 Å². The van der Waals surface area contributed by atoms with Gasteiger partial charge in [0.15, 0.2) is 5.96 Å². The minimum atomic E-state index is 0.734. The maximum atomic E-state index is 6.07. The molecule has 1 aliphatic rings. The van der Waals surface area contributed by atoms with Crippen molar-refractivity contribution in [3.05, 3.63) is 30.3 Å². The molecule has 1 aromatic carbocycles. The second kappa shape index (κ2) is 8.55. The van der Waals surface area contributed by atoms with E-state index in [2.05, 4.69) is 52.0 Å². The van der Waals surface area contributed by atoms with E-state index in [1.165, 1.54) is 24.9 Å². The van der Waals surface area contributed by atoms with E-state index < -0.39 is 0 Å². The van der Waals surface area contributed by atoms with Gasteiger partial charge in [-0.2, -0.15) is 0 Å². The SMILES string of the molecule is CCN(CCCN=C(N)N1CCCCC1)c1ccccc1. The smallest absolute Gasteiger partial charge is 0.191 e. The van der Waals surface area contributed by atoms with Crippen LogP contribution in [-0.2, 0) is 0 Å². The number of likely N-dealkylation sites (tertiary alicyclic amines) is 1. The Hall–Kier alpha value is -1.71. The standard InChI is InChI=1S/C17H28N4/c1-2-20(16-10-5-3-6-11-16)15-9-12-19-17(18)21-13-7-4-8-14-21/h3,5-6,10-11H,2,4,7-9,12-15H2,1H3,(H2,18,19). The predicted molar refractivity (Wildman–Crippen MR) is 90.9 cm³/mol. The van der Waals surface area contributed by atoms with E-state index in [1.54, 1.807) is 0 Å². The van der Waals surface area contributed by atoms with E-state index in [0.29, 0.717) is 0 Å². The molecule has 4 heteroatoms. The van der Waals surface area contributed by atoms with Crippen molar-refractivity contribution >= 4 is 11.6 Å². The first-order chi connectivity index (χ1) is 10.3. The summed E-state index contributed by atoms with van der Waals surface area (Å²) < 4.78 is 0. The largest absolute Gasteiger partial charge is 0.372 e. The zero-order chi connectivity index (χ0) is 14.9. The summed E-state index contributed by atoms with van der Waals surface area (Å²) in [5, 5.41) is 0. The number of piperidine rings is 1. The van der Waals surface area contributed by atoms with Gasteiger partial charge in [-0.3, -0.25) is 4.99 Å². The lowest BCUT2D eigenvalue weighted by molar-refractivity contribution is 0.338. The Kier molecular flexibility index (Phi) is 6.38. The molecule has 0 bridgehead atoms. The Bertz CT molecular complexity index is 424. The third kappa shape index (κ3) is 4.96. The number of nitrogens with two attached hydrogens (primary N) is 1. The van der Waals surface area contributed by atoms with Crippen LogP contribution in [0, 0.1) is 0 Å². The second-order valence-corrected chi connectivity index (χ2v) is 5.56. The molecule has 0 spiro atoms. The molecule has 0 saturated carbocycles. The Labute approximate surface area is 128 Å². The Morgan fingerprint density at radius 2 is 1.90 bits per heavy atom. The van der Waals surface area contributed by atoms with Crippen molar-refractivity contribution in [3.8, 4) is 0 Å². The third-order valence-electron chi connectivity index (χ3n) is 4.04. The molecule has 1 aromatic rings. The normalized spacial score (nSPS) is 16.0. The van der Waals surface area contributed by atoms with Gasteiger partial charge in [0.25, 0.3) is 0 Å². The van der Waals surface area contributed by atoms with Crippen molar-refractivity contribution in [3.63, 3.8) is 0 Å². The molecule has 0 amide bonds. The number of aliphatic imine (C=N–C) groups is 1. The number of rotatable bonds is 6. The fourth-order valence-electron chi connectivity index (χ4n) is 2.79. The van der Waals surface area contributed by atoms with Gasteiger partial charge in [-0.05, 0) is 44.7 Å². The quantitative estimate of drug-likeness (QED) is 0.497. The number of para-hydroxylation sites is 1. The highest BCUT2D eigenvalue weighted by Gasteiger charge is 2.11. The Morgan fingerprint density at radius 1 is 1.19 bits per heavy atom. The summed E-state index contributed by atoms with van der Waals surface area (Å²) in [5.74, 6) is 0.734. The summed E-state index contributed by atoms with van der Waals surface area (Å²) in [5.41, 5.74) is 7.36. The highest BCUT2D eigenvalue weighted by atomic mass is 15.3. The number of guanidine groups is 1. The maximum Gasteiger partial charge on any atom is 0.191 e. The number of anilines is 1. The van der Waals surface area contributed by atoms with Gasteiger partial charge in [0.1, 0.15) is 0 Å². The first kappa shape index (κ1) is 15.7. The van der Waals surface area contributed by atoms with Crippen LogP contribution in [0.25, 0.3) is 0 Å². The zero-order valence-corrected chi connectivity index (χ0v) is 13.2. The van der Waals surface area contributed by atoms with Crippen molar-refractivity contribution in [2.75, 3.05) is 37.6 Å². The first-order valence-electron chi connectivity index (χ1n) is 8.16. The molecule has 2 rings (SSSR count). The molecule has 0 atom stereocenters. The minimum absolute atomic E-state index is 0.734. The zero-order valence-electron chi connectivity index (χ0n) is 13.2. The molecule has 0 unspecified atom stereocenters. The van der Waals surface area contributed by atoms with Gasteiger partial charge >= 0.3 is 0 Å². The van der Waals surface area contributed by atoms with Crippen molar-refractivity contribution < 1.29 is 0 Å². The van der Waals surface area contributed by atoms with E-state index in [1.807, 2.05) is 0 Å². The fraction of sp³-hybridized carbons (Fsp3) is 0.588. The molecular weight excluding hydrogens is 260 g/mol. The molecular formula is C17H28N4. The van der Waals surface area contributed by atoms with Crippen molar-refractivity contribution in [1.82, 2.24) is 4.90 Å². The molecule has 1 heterocycles. The van der Waals surface area contributed by atoms with E-state index >= 15 is 0 Å². The summed E-state index contributed by atoms with van der Waals surface area (Å²) in [6, 6.07) is 10.6. The van der Waals surface area contributed by atoms with Crippen molar-refractivity contribution in [2.45, 2.75) is 32.6 Å². The summed E-state index contributed by atoms with van der Waals surface area (Å²) >= 11 is 0. The number of nitrogens with zero attached hydrogens (tertiary/aromatic N) is 3. The van der Waals surface area contributed by atoms with Crippen LogP contribution in [-0.4, -0.2) is 43.6 Å². The topological polar surface area (TPSA) is 44.9 Å². The molecule has 2 N–H and O–H groups in total. The van der Waals surface area contributed by atoms with Crippen LogP contribution in [0.4, 0.5) is 5.69 Å². The lowest BCUT2D eigenvalue weighted by atomic mass is 10.1. The molecule has 116 valence electrons. The van der Waals surface area contributed by atoms with Crippen LogP contribution in [0.2, 0.25) is 0 Å². The molecule has 4 nitrogen and oxygen atoms in total. The number of benzene rings is 1. The van der Waals surface area contributed by atoms with Crippen LogP contribution in [0.15, 0.2) is 35.3 Å². The van der Waals surface area contributed by atoms with Crippen molar-refractivity contribution in [2.24, 2.45) is 10.7 Å². The van der Waals surface area contributed by atoms with Gasteiger partial charge in [0.2, 0.25) is 0 Å². The monoisotopic (exact) mass is 288 g/mol. The van der Waals surface area contributed by atoms with E-state index in [-0.39, 0.29) is 0 Å². The summed E-state index contributed by atoms with van der Waals surface area (Å²) in [4.78, 5) is 9.14. The average Bonchev–Trinajstić information content (AvgIpc) is 2.56. The molecule has 0 aromatic heterocycles. The molecule has 0 aliphatic carbocycles. The van der Waals surface area contributed by atoms with Gasteiger partial charge in [-0.25, -0.2) is 0 Å². The van der Waals surface area contributed by atoms with Gasteiger partial charge in [0, 0.05) is 38.4 Å². The number of hydrogen-bond acceptors (Lipinski definition) is 2. The van der Waals surface area contributed by atoms with Crippen molar-refractivity contribution in [1.29, 1.82) is 0 Å². The Balaban J connectivity index is 1.75. The highest BCUT2D eigenvalue weighted by molar-refractivity contribution is 5.78. The molecule has 1 fully saturated rings. The lowest BCUT2D eigenvalue weighted by Crippen LogP contribution is -2.41. The molecule has 1 aliphatic heterocycles. The summed E-state index contributed by atoms with van der Waals surface area (Å²) in [6.07, 6.45) is 4.85. The average molecular weight is 288 g/mol. The molecule has 0 radical (unpaired) electrons. The van der Waals surface area contributed by atoms with Crippen LogP contribution in [0.1, 0.15) is 32.6 Å². The predicted octanol–water partition coefficient (Wildman–Crippen LogP) is 2.70. The third-order valence-corrected chi connectivity index (χ3v) is 4.04. The Morgan fingerprint density at radius 3 is 2.57 bits per heavy atom. The summed E-state index contributed by atoms with van der Waals surface area (Å²) in [7, 11) is 0. The van der Waals surface area contributed by atoms with E-state index in [4.69, 9.17) is 5.73 Å². The van der Waals surface area contributed by atoms with Gasteiger partial charge in [-0.1, -0.05) is 18.2 Å². The fourth-order valence-corrected chi connectivity index (χ4v) is 2.79. The second-order valence-electron chi connectivity index (χ2n) is 5.56. The van der Waals surface area contributed by atoms with Crippen LogP contribution < -0.4 is 10.6 Å². The van der Waals surface area contributed by atoms with Gasteiger partial charge < -0.3 is 15.5 Å². The highest BCUT2D eigenvalue weighted by Crippen LogP contribution is 2.13. The van der Waals surface area contributed by atoms with Crippen LogP contribution in [0.5, 0.6) is 0 Å². The van der Waals surface area contributed by atoms with E-state index in [0.717, 1.165) is 45.1 Å². The van der Waals surface area contributed by atoms with Crippen LogP contribution >= 0.6 is 0 Å². The molecule has 21 heavy (non-hydrogen) atoms. The van der Waals surface area contributed by atoms with Gasteiger partial charge in [-0.15, -0.1) is 0 Å². The minimum Gasteiger partial charge on any atom is -0.372 e. The number of hydrogen-bond donors (Lipinski definition) is 1. The summed E-state index contributed by atoms with van der Waals surface area (Å²) in [6.45, 7) is 7.19. The lowest BCUT2D eigenvalue weighted by Gasteiger charge is -2.27. The van der Waals surface area contributed by atoms with Crippen LogP contribution in [0.3, 0.4) is 0 Å². The first-order valence-corrected chi connectivity index (χ1v) is 8.16. The van der Waals surface area contributed by atoms with E-state index in [9.17, 15) is 0 Å². The molecule has 1 saturated heterocycles. The maximum absolute atomic E-state index is 6.07.